The molecule has 2 heterocycles. The first-order chi connectivity index (χ1) is 9.83. The van der Waals surface area contributed by atoms with Gasteiger partial charge in [0, 0.05) is 35.8 Å². The van der Waals surface area contributed by atoms with Gasteiger partial charge in [0.25, 0.3) is 0 Å². The maximum atomic E-state index is 4.37. The molecule has 6 nitrogen and oxygen atoms in total. The summed E-state index contributed by atoms with van der Waals surface area (Å²) in [6.45, 7) is 2.54. The van der Waals surface area contributed by atoms with E-state index in [2.05, 4.69) is 30.5 Å². The zero-order chi connectivity index (χ0) is 13.8. The van der Waals surface area contributed by atoms with Crippen LogP contribution in [0.4, 0.5) is 5.69 Å². The summed E-state index contributed by atoms with van der Waals surface area (Å²) in [5.41, 5.74) is 2.97. The van der Waals surface area contributed by atoms with E-state index in [0.29, 0.717) is 12.4 Å². The third-order valence-electron chi connectivity index (χ3n) is 2.86. The standard InChI is InChI=1S/C14H14N6/c1-10-18-14(20-19-10)12-4-2-3-5-13(12)17-8-11-6-15-9-16-7-11/h2-7,9,17H,8H2,1H3,(H,18,19,20). The van der Waals surface area contributed by atoms with Gasteiger partial charge in [-0.2, -0.15) is 5.10 Å². The number of hydrogen-bond donors (Lipinski definition) is 2. The van der Waals surface area contributed by atoms with Gasteiger partial charge in [0.05, 0.1) is 0 Å². The van der Waals surface area contributed by atoms with Crippen molar-refractivity contribution in [3.05, 3.63) is 54.4 Å². The van der Waals surface area contributed by atoms with Crippen LogP contribution in [0, 0.1) is 6.92 Å². The van der Waals surface area contributed by atoms with Crippen LogP contribution in [-0.4, -0.2) is 25.1 Å². The lowest BCUT2D eigenvalue weighted by atomic mass is 10.1. The monoisotopic (exact) mass is 266 g/mol. The molecule has 0 saturated heterocycles. The van der Waals surface area contributed by atoms with Crippen molar-refractivity contribution in [2.75, 3.05) is 5.32 Å². The Bertz CT molecular complexity index is 692. The zero-order valence-corrected chi connectivity index (χ0v) is 11.0. The molecular formula is C14H14N6. The molecule has 0 fully saturated rings. The molecule has 0 amide bonds. The van der Waals surface area contributed by atoms with E-state index in [-0.39, 0.29) is 0 Å². The Morgan fingerprint density at radius 1 is 1.15 bits per heavy atom. The van der Waals surface area contributed by atoms with Gasteiger partial charge in [0.15, 0.2) is 5.82 Å². The fraction of sp³-hybridized carbons (Fsp3) is 0.143. The number of aromatic nitrogens is 5. The van der Waals surface area contributed by atoms with Crippen LogP contribution in [0.2, 0.25) is 0 Å². The number of H-pyrrole nitrogens is 1. The molecule has 2 N–H and O–H groups in total. The highest BCUT2D eigenvalue weighted by atomic mass is 15.2. The molecule has 0 aliphatic carbocycles. The summed E-state index contributed by atoms with van der Waals surface area (Å²) >= 11 is 0. The second-order valence-corrected chi connectivity index (χ2v) is 4.39. The number of nitrogens with one attached hydrogen (secondary N) is 2. The molecule has 1 aromatic carbocycles. The van der Waals surface area contributed by atoms with Crippen molar-refractivity contribution < 1.29 is 0 Å². The van der Waals surface area contributed by atoms with Crippen molar-refractivity contribution in [3.8, 4) is 11.4 Å². The van der Waals surface area contributed by atoms with E-state index in [0.717, 1.165) is 22.6 Å². The van der Waals surface area contributed by atoms with E-state index in [9.17, 15) is 0 Å². The van der Waals surface area contributed by atoms with Crippen LogP contribution in [0.25, 0.3) is 11.4 Å². The van der Waals surface area contributed by atoms with Crippen LogP contribution in [0.3, 0.4) is 0 Å². The van der Waals surface area contributed by atoms with Gasteiger partial charge in [-0.25, -0.2) is 15.0 Å². The Morgan fingerprint density at radius 2 is 1.95 bits per heavy atom. The number of anilines is 1. The third kappa shape index (κ3) is 2.64. The van der Waals surface area contributed by atoms with Crippen molar-refractivity contribution in [2.45, 2.75) is 13.5 Å². The number of hydrogen-bond acceptors (Lipinski definition) is 5. The molecule has 0 atom stereocenters. The SMILES string of the molecule is Cc1nc(-c2ccccc2NCc2cncnc2)n[nH]1. The molecule has 2 aromatic heterocycles. The first-order valence-corrected chi connectivity index (χ1v) is 6.29. The van der Waals surface area contributed by atoms with Crippen LogP contribution >= 0.6 is 0 Å². The molecular weight excluding hydrogens is 252 g/mol. The zero-order valence-electron chi connectivity index (χ0n) is 11.0. The van der Waals surface area contributed by atoms with Crippen LogP contribution in [0.1, 0.15) is 11.4 Å². The van der Waals surface area contributed by atoms with Gasteiger partial charge < -0.3 is 5.32 Å². The molecule has 3 aromatic rings. The van der Waals surface area contributed by atoms with E-state index >= 15 is 0 Å². The topological polar surface area (TPSA) is 79.4 Å². The summed E-state index contributed by atoms with van der Waals surface area (Å²) in [6, 6.07) is 7.95. The predicted octanol–water partition coefficient (Wildman–Crippen LogP) is 2.18. The first-order valence-electron chi connectivity index (χ1n) is 6.29. The minimum Gasteiger partial charge on any atom is -0.380 e. The van der Waals surface area contributed by atoms with E-state index < -0.39 is 0 Å². The Labute approximate surface area is 116 Å². The summed E-state index contributed by atoms with van der Waals surface area (Å²) in [6.07, 6.45) is 5.10. The number of aromatic amines is 1. The van der Waals surface area contributed by atoms with Crippen LogP contribution in [0.5, 0.6) is 0 Å². The highest BCUT2D eigenvalue weighted by Gasteiger charge is 2.08. The van der Waals surface area contributed by atoms with E-state index in [1.807, 2.05) is 31.2 Å². The summed E-state index contributed by atoms with van der Waals surface area (Å²) in [5, 5.41) is 10.4. The van der Waals surface area contributed by atoms with Gasteiger partial charge in [0.2, 0.25) is 0 Å². The third-order valence-corrected chi connectivity index (χ3v) is 2.86. The second kappa shape index (κ2) is 5.48. The average molecular weight is 266 g/mol. The van der Waals surface area contributed by atoms with Gasteiger partial charge in [0.1, 0.15) is 12.2 Å². The van der Waals surface area contributed by atoms with E-state index in [1.54, 1.807) is 12.4 Å². The van der Waals surface area contributed by atoms with E-state index in [4.69, 9.17) is 0 Å². The van der Waals surface area contributed by atoms with Crippen LogP contribution < -0.4 is 5.32 Å². The van der Waals surface area contributed by atoms with Gasteiger partial charge >= 0.3 is 0 Å². The van der Waals surface area contributed by atoms with Crippen LogP contribution in [0.15, 0.2) is 43.0 Å². The van der Waals surface area contributed by atoms with Crippen LogP contribution in [-0.2, 0) is 6.54 Å². The summed E-state index contributed by atoms with van der Waals surface area (Å²) in [7, 11) is 0. The molecule has 0 saturated carbocycles. The molecule has 100 valence electrons. The molecule has 0 unspecified atom stereocenters. The molecule has 0 spiro atoms. The lowest BCUT2D eigenvalue weighted by Crippen LogP contribution is -2.02. The predicted molar refractivity (Wildman–Crippen MR) is 75.9 cm³/mol. The molecule has 0 radical (unpaired) electrons. The normalized spacial score (nSPS) is 10.4. The van der Waals surface area contributed by atoms with E-state index in [1.165, 1.54) is 6.33 Å². The maximum Gasteiger partial charge on any atom is 0.183 e. The molecule has 0 bridgehead atoms. The summed E-state index contributed by atoms with van der Waals surface area (Å²) < 4.78 is 0. The average Bonchev–Trinajstić information content (AvgIpc) is 2.93. The molecule has 3 rings (SSSR count). The largest absolute Gasteiger partial charge is 0.380 e. The Morgan fingerprint density at radius 3 is 2.70 bits per heavy atom. The van der Waals surface area contributed by atoms with Crippen molar-refractivity contribution in [3.63, 3.8) is 0 Å². The molecule has 20 heavy (non-hydrogen) atoms. The van der Waals surface area contributed by atoms with Crippen molar-refractivity contribution in [1.82, 2.24) is 25.1 Å². The van der Waals surface area contributed by atoms with Crippen molar-refractivity contribution in [1.29, 1.82) is 0 Å². The second-order valence-electron chi connectivity index (χ2n) is 4.39. The Balaban J connectivity index is 1.83. The smallest absolute Gasteiger partial charge is 0.183 e. The van der Waals surface area contributed by atoms with Crippen molar-refractivity contribution >= 4 is 5.69 Å². The highest BCUT2D eigenvalue weighted by Crippen LogP contribution is 2.25. The van der Waals surface area contributed by atoms with Gasteiger partial charge in [-0.3, -0.25) is 5.10 Å². The van der Waals surface area contributed by atoms with Gasteiger partial charge in [-0.1, -0.05) is 12.1 Å². The number of aryl methyl sites for hydroxylation is 1. The minimum atomic E-state index is 0.654. The number of para-hydroxylation sites is 1. The molecule has 6 heteroatoms. The number of nitrogens with zero attached hydrogens (tertiary/aromatic N) is 4. The highest BCUT2D eigenvalue weighted by molar-refractivity contribution is 5.73. The lowest BCUT2D eigenvalue weighted by molar-refractivity contribution is 1.04. The minimum absolute atomic E-state index is 0.654. The van der Waals surface area contributed by atoms with Gasteiger partial charge in [-0.05, 0) is 19.1 Å². The first kappa shape index (κ1) is 12.3. The number of rotatable bonds is 4. The van der Waals surface area contributed by atoms with Crippen molar-refractivity contribution in [2.24, 2.45) is 0 Å². The molecule has 0 aliphatic heterocycles. The fourth-order valence-electron chi connectivity index (χ4n) is 1.91. The number of benzene rings is 1. The maximum absolute atomic E-state index is 4.37. The Hall–Kier alpha value is -2.76. The lowest BCUT2D eigenvalue weighted by Gasteiger charge is -2.09. The fourth-order valence-corrected chi connectivity index (χ4v) is 1.91. The summed E-state index contributed by atoms with van der Waals surface area (Å²) in [4.78, 5) is 12.4. The quantitative estimate of drug-likeness (QED) is 0.756. The molecule has 0 aliphatic rings. The van der Waals surface area contributed by atoms with Gasteiger partial charge in [-0.15, -0.1) is 0 Å². The Kier molecular flexibility index (Phi) is 3.36. The summed E-state index contributed by atoms with van der Waals surface area (Å²) in [5.74, 6) is 1.49.